The van der Waals surface area contributed by atoms with Gasteiger partial charge in [-0.05, 0) is 49.4 Å². The van der Waals surface area contributed by atoms with E-state index >= 15 is 0 Å². The number of hydrogen-bond donors (Lipinski definition) is 3. The number of amides is 1. The molecule has 3 rings (SSSR count). The Morgan fingerprint density at radius 3 is 2.28 bits per heavy atom. The number of carbonyl (C=O) groups is 1. The number of benzene rings is 2. The number of rotatable bonds is 8. The molecule has 168 valence electrons. The summed E-state index contributed by atoms with van der Waals surface area (Å²) in [5.41, 5.74) is 7.13. The van der Waals surface area contributed by atoms with Crippen LogP contribution < -0.4 is 25.4 Å². The number of nitrogens with zero attached hydrogens (tertiary/aromatic N) is 3. The Hall–Kier alpha value is -3.86. The average Bonchev–Trinajstić information content (AvgIpc) is 2.74. The third-order valence-electron chi connectivity index (χ3n) is 4.44. The van der Waals surface area contributed by atoms with Gasteiger partial charge in [-0.25, -0.2) is 13.4 Å². The first kappa shape index (κ1) is 22.8. The van der Waals surface area contributed by atoms with Gasteiger partial charge in [0.2, 0.25) is 5.95 Å². The Morgan fingerprint density at radius 2 is 1.69 bits per heavy atom. The minimum Gasteiger partial charge on any atom is -0.496 e. The topological polar surface area (TPSA) is 140 Å². The Balaban J connectivity index is 1.78. The number of methoxy groups -OCH3 is 1. The van der Waals surface area contributed by atoms with Crippen LogP contribution in [0.4, 0.5) is 23.1 Å². The zero-order valence-corrected chi connectivity index (χ0v) is 18.9. The zero-order valence-electron chi connectivity index (χ0n) is 18.1. The molecule has 0 radical (unpaired) electrons. The minimum atomic E-state index is -3.95. The highest BCUT2D eigenvalue weighted by atomic mass is 32.2. The van der Waals surface area contributed by atoms with Crippen LogP contribution in [0.1, 0.15) is 16.1 Å². The van der Waals surface area contributed by atoms with E-state index in [0.717, 1.165) is 11.5 Å². The van der Waals surface area contributed by atoms with Gasteiger partial charge in [-0.1, -0.05) is 0 Å². The van der Waals surface area contributed by atoms with Crippen LogP contribution in [-0.2, 0) is 10.0 Å². The standard InChI is InChI=1S/C21H24N6O4S/c1-13-11-19(27(2)3)25-21(23-13)24-14-5-7-15(8-6-14)26-32(29,30)16-9-10-18(31-4)17(12-16)20(22)28/h5-12,26H,1-4H3,(H2,22,28)(H,23,24,25). The molecule has 32 heavy (non-hydrogen) atoms. The zero-order chi connectivity index (χ0) is 23.5. The van der Waals surface area contributed by atoms with Gasteiger partial charge in [-0.2, -0.15) is 4.98 Å². The highest BCUT2D eigenvalue weighted by Gasteiger charge is 2.19. The van der Waals surface area contributed by atoms with Crippen LogP contribution in [0.25, 0.3) is 0 Å². The minimum absolute atomic E-state index is 0.0230. The van der Waals surface area contributed by atoms with Gasteiger partial charge in [0.05, 0.1) is 17.6 Å². The lowest BCUT2D eigenvalue weighted by Gasteiger charge is -2.14. The van der Waals surface area contributed by atoms with Gasteiger partial charge >= 0.3 is 0 Å². The van der Waals surface area contributed by atoms with Gasteiger partial charge in [-0.3, -0.25) is 9.52 Å². The molecule has 1 amide bonds. The summed E-state index contributed by atoms with van der Waals surface area (Å²) in [5, 5.41) is 3.10. The summed E-state index contributed by atoms with van der Waals surface area (Å²) in [7, 11) is 1.20. The van der Waals surface area contributed by atoms with Crippen molar-refractivity contribution in [3.8, 4) is 5.75 Å². The fourth-order valence-electron chi connectivity index (χ4n) is 2.85. The highest BCUT2D eigenvalue weighted by Crippen LogP contribution is 2.25. The Bertz CT molecular complexity index is 1240. The predicted molar refractivity (Wildman–Crippen MR) is 123 cm³/mol. The van der Waals surface area contributed by atoms with Crippen LogP contribution in [0, 0.1) is 6.92 Å². The van der Waals surface area contributed by atoms with Crippen molar-refractivity contribution >= 4 is 39.1 Å². The SMILES string of the molecule is COc1ccc(S(=O)(=O)Nc2ccc(Nc3nc(C)cc(N(C)C)n3)cc2)cc1C(N)=O. The van der Waals surface area contributed by atoms with Crippen LogP contribution in [0.5, 0.6) is 5.75 Å². The number of aromatic nitrogens is 2. The first-order valence-corrected chi connectivity index (χ1v) is 11.0. The smallest absolute Gasteiger partial charge is 0.261 e. The van der Waals surface area contributed by atoms with Crippen LogP contribution in [0.2, 0.25) is 0 Å². The van der Waals surface area contributed by atoms with E-state index in [-0.39, 0.29) is 16.2 Å². The normalized spacial score (nSPS) is 11.0. The van der Waals surface area contributed by atoms with Crippen molar-refractivity contribution < 1.29 is 17.9 Å². The molecule has 0 atom stereocenters. The van der Waals surface area contributed by atoms with E-state index in [9.17, 15) is 13.2 Å². The number of sulfonamides is 1. The van der Waals surface area contributed by atoms with Crippen molar-refractivity contribution in [1.29, 1.82) is 0 Å². The first-order chi connectivity index (χ1) is 15.1. The molecule has 1 aromatic heterocycles. The molecule has 0 aliphatic carbocycles. The summed E-state index contributed by atoms with van der Waals surface area (Å²) in [6.07, 6.45) is 0. The molecule has 1 heterocycles. The summed E-state index contributed by atoms with van der Waals surface area (Å²) in [4.78, 5) is 22.1. The fourth-order valence-corrected chi connectivity index (χ4v) is 3.93. The van der Waals surface area contributed by atoms with E-state index in [4.69, 9.17) is 10.5 Å². The molecule has 0 aliphatic heterocycles. The molecule has 0 fully saturated rings. The summed E-state index contributed by atoms with van der Waals surface area (Å²) in [5.74, 6) is 0.603. The van der Waals surface area contributed by atoms with Crippen LogP contribution in [-0.4, -0.2) is 45.5 Å². The Morgan fingerprint density at radius 1 is 1.03 bits per heavy atom. The molecule has 0 saturated carbocycles. The fraction of sp³-hybridized carbons (Fsp3) is 0.190. The molecular formula is C21H24N6O4S. The maximum Gasteiger partial charge on any atom is 0.261 e. The number of nitrogens with one attached hydrogen (secondary N) is 2. The number of hydrogen-bond acceptors (Lipinski definition) is 8. The molecule has 11 heteroatoms. The van der Waals surface area contributed by atoms with E-state index in [0.29, 0.717) is 17.3 Å². The molecule has 0 unspecified atom stereocenters. The Kier molecular flexibility index (Phi) is 6.49. The number of nitrogens with two attached hydrogens (primary N) is 1. The molecule has 0 saturated heterocycles. The van der Waals surface area contributed by atoms with E-state index in [1.165, 1.54) is 25.3 Å². The second-order valence-corrected chi connectivity index (χ2v) is 8.80. The van der Waals surface area contributed by atoms with Crippen LogP contribution in [0.3, 0.4) is 0 Å². The summed E-state index contributed by atoms with van der Waals surface area (Å²) in [6.45, 7) is 1.88. The number of anilines is 4. The van der Waals surface area contributed by atoms with Crippen molar-refractivity contribution in [2.75, 3.05) is 36.1 Å². The maximum absolute atomic E-state index is 12.7. The van der Waals surface area contributed by atoms with Gasteiger partial charge < -0.3 is 20.7 Å². The van der Waals surface area contributed by atoms with Crippen molar-refractivity contribution in [2.45, 2.75) is 11.8 Å². The second kappa shape index (κ2) is 9.10. The van der Waals surface area contributed by atoms with Gasteiger partial charge in [-0.15, -0.1) is 0 Å². The summed E-state index contributed by atoms with van der Waals surface area (Å²) < 4.78 is 33.0. The third kappa shape index (κ3) is 5.24. The van der Waals surface area contributed by atoms with Crippen molar-refractivity contribution in [3.63, 3.8) is 0 Å². The third-order valence-corrected chi connectivity index (χ3v) is 5.82. The molecule has 0 bridgehead atoms. The lowest BCUT2D eigenvalue weighted by atomic mass is 10.2. The molecular weight excluding hydrogens is 432 g/mol. The van der Waals surface area contributed by atoms with E-state index in [1.54, 1.807) is 24.3 Å². The number of aryl methyl sites for hydroxylation is 1. The Labute approximate surface area is 186 Å². The molecule has 0 spiro atoms. The van der Waals surface area contributed by atoms with Crippen LogP contribution in [0.15, 0.2) is 53.4 Å². The summed E-state index contributed by atoms with van der Waals surface area (Å²) >= 11 is 0. The molecule has 0 aliphatic rings. The molecule has 2 aromatic carbocycles. The lowest BCUT2D eigenvalue weighted by Crippen LogP contribution is -2.16. The number of carbonyl (C=O) groups excluding carboxylic acids is 1. The number of ether oxygens (including phenoxy) is 1. The van der Waals surface area contributed by atoms with Gasteiger partial charge in [0, 0.05) is 37.2 Å². The molecule has 4 N–H and O–H groups in total. The quantitative estimate of drug-likeness (QED) is 0.470. The van der Waals surface area contributed by atoms with Gasteiger partial charge in [0.25, 0.3) is 15.9 Å². The first-order valence-electron chi connectivity index (χ1n) is 9.50. The van der Waals surface area contributed by atoms with Crippen molar-refractivity contribution in [3.05, 3.63) is 59.8 Å². The lowest BCUT2D eigenvalue weighted by molar-refractivity contribution is 0.0997. The summed E-state index contributed by atoms with van der Waals surface area (Å²) in [6, 6.07) is 12.3. The number of primary amides is 1. The highest BCUT2D eigenvalue weighted by molar-refractivity contribution is 7.92. The predicted octanol–water partition coefficient (Wildman–Crippen LogP) is 2.50. The monoisotopic (exact) mass is 456 g/mol. The molecule has 10 nitrogen and oxygen atoms in total. The van der Waals surface area contributed by atoms with E-state index in [1.807, 2.05) is 32.0 Å². The largest absolute Gasteiger partial charge is 0.496 e. The van der Waals surface area contributed by atoms with Crippen molar-refractivity contribution in [1.82, 2.24) is 9.97 Å². The van der Waals surface area contributed by atoms with Gasteiger partial charge in [0.1, 0.15) is 11.6 Å². The molecule has 3 aromatic rings. The second-order valence-electron chi connectivity index (χ2n) is 7.12. The van der Waals surface area contributed by atoms with E-state index in [2.05, 4.69) is 20.0 Å². The van der Waals surface area contributed by atoms with Crippen LogP contribution >= 0.6 is 0 Å². The van der Waals surface area contributed by atoms with Gasteiger partial charge in [0.15, 0.2) is 0 Å². The maximum atomic E-state index is 12.7. The van der Waals surface area contributed by atoms with E-state index < -0.39 is 15.9 Å². The van der Waals surface area contributed by atoms with Crippen molar-refractivity contribution in [2.24, 2.45) is 5.73 Å². The average molecular weight is 457 g/mol.